The van der Waals surface area contributed by atoms with E-state index in [-0.39, 0.29) is 11.8 Å². The van der Waals surface area contributed by atoms with E-state index in [0.29, 0.717) is 35.8 Å². The van der Waals surface area contributed by atoms with Gasteiger partial charge in [-0.2, -0.15) is 0 Å². The number of nitrogens with zero attached hydrogens (tertiary/aromatic N) is 2. The van der Waals surface area contributed by atoms with Crippen LogP contribution in [-0.2, 0) is 17.9 Å². The average Bonchev–Trinajstić information content (AvgIpc) is 3.38. The summed E-state index contributed by atoms with van der Waals surface area (Å²) < 4.78 is 0. The minimum atomic E-state index is -0.188. The van der Waals surface area contributed by atoms with Crippen molar-refractivity contribution in [3.8, 4) is 0 Å². The molecule has 0 atom stereocenters. The molecule has 2 amide bonds. The smallest absolute Gasteiger partial charge is 0.253 e. The zero-order valence-corrected chi connectivity index (χ0v) is 17.3. The van der Waals surface area contributed by atoms with Gasteiger partial charge in [-0.3, -0.25) is 14.5 Å². The predicted molar refractivity (Wildman–Crippen MR) is 115 cm³/mol. The van der Waals surface area contributed by atoms with Crippen molar-refractivity contribution in [1.82, 2.24) is 10.2 Å². The second-order valence-electron chi connectivity index (χ2n) is 7.75. The van der Waals surface area contributed by atoms with Crippen LogP contribution in [0.5, 0.6) is 0 Å². The molecule has 1 N–H and O–H groups in total. The molecule has 2 heterocycles. The molecule has 0 spiro atoms. The molecule has 4 rings (SSSR count). The first-order valence-corrected chi connectivity index (χ1v) is 10.7. The van der Waals surface area contributed by atoms with Crippen molar-refractivity contribution in [3.63, 3.8) is 0 Å². The zero-order chi connectivity index (χ0) is 20.2. The first-order valence-electron chi connectivity index (χ1n) is 10.3. The highest BCUT2D eigenvalue weighted by atomic mass is 35.5. The molecule has 2 aromatic carbocycles. The van der Waals surface area contributed by atoms with Crippen molar-refractivity contribution in [2.45, 2.75) is 38.8 Å². The van der Waals surface area contributed by atoms with E-state index in [1.807, 2.05) is 12.1 Å². The van der Waals surface area contributed by atoms with Crippen LogP contribution in [0.4, 0.5) is 5.69 Å². The highest BCUT2D eigenvalue weighted by Gasteiger charge is 2.26. The van der Waals surface area contributed by atoms with Crippen LogP contribution < -0.4 is 10.2 Å². The van der Waals surface area contributed by atoms with Gasteiger partial charge in [-0.15, -0.1) is 0 Å². The summed E-state index contributed by atoms with van der Waals surface area (Å²) in [6.45, 7) is 4.27. The summed E-state index contributed by atoms with van der Waals surface area (Å²) in [5.74, 6) is -0.149. The molecular weight excluding hydrogens is 386 g/mol. The summed E-state index contributed by atoms with van der Waals surface area (Å²) in [6.07, 6.45) is 3.83. The number of amides is 2. The van der Waals surface area contributed by atoms with Crippen molar-refractivity contribution in [2.75, 3.05) is 24.5 Å². The van der Waals surface area contributed by atoms with E-state index < -0.39 is 0 Å². The van der Waals surface area contributed by atoms with Gasteiger partial charge in [0.25, 0.3) is 5.91 Å². The van der Waals surface area contributed by atoms with Crippen molar-refractivity contribution in [1.29, 1.82) is 0 Å². The summed E-state index contributed by atoms with van der Waals surface area (Å²) in [6, 6.07) is 13.4. The Morgan fingerprint density at radius 2 is 1.76 bits per heavy atom. The summed E-state index contributed by atoms with van der Waals surface area (Å²) in [7, 11) is 0. The van der Waals surface area contributed by atoms with Gasteiger partial charge in [0.2, 0.25) is 5.91 Å². The Morgan fingerprint density at radius 1 is 1.00 bits per heavy atom. The van der Waals surface area contributed by atoms with Gasteiger partial charge in [-0.25, -0.2) is 0 Å². The highest BCUT2D eigenvalue weighted by Crippen LogP contribution is 2.29. The molecule has 152 valence electrons. The second kappa shape index (κ2) is 8.97. The zero-order valence-electron chi connectivity index (χ0n) is 16.5. The Balaban J connectivity index is 1.49. The van der Waals surface area contributed by atoms with Gasteiger partial charge in [-0.1, -0.05) is 35.9 Å². The molecule has 2 aliphatic rings. The lowest BCUT2D eigenvalue weighted by Crippen LogP contribution is -2.30. The predicted octanol–water partition coefficient (Wildman–Crippen LogP) is 3.99. The number of anilines is 1. The molecule has 0 aliphatic carbocycles. The second-order valence-corrected chi connectivity index (χ2v) is 8.18. The summed E-state index contributed by atoms with van der Waals surface area (Å²) >= 11 is 6.15. The summed E-state index contributed by atoms with van der Waals surface area (Å²) in [5, 5.41) is 3.56. The number of carbonyl (C=O) groups excluding carboxylic acids is 2. The topological polar surface area (TPSA) is 52.7 Å². The summed E-state index contributed by atoms with van der Waals surface area (Å²) in [4.78, 5) is 29.3. The Bertz CT molecular complexity index is 909. The van der Waals surface area contributed by atoms with Crippen LogP contribution in [0, 0.1) is 0 Å². The Hall–Kier alpha value is -2.37. The van der Waals surface area contributed by atoms with Gasteiger partial charge < -0.3 is 10.2 Å². The molecule has 29 heavy (non-hydrogen) atoms. The van der Waals surface area contributed by atoms with E-state index in [1.165, 1.54) is 18.4 Å². The first kappa shape index (κ1) is 19.9. The van der Waals surface area contributed by atoms with Crippen LogP contribution in [0.25, 0.3) is 0 Å². The number of halogens is 1. The largest absolute Gasteiger partial charge is 0.348 e. The highest BCUT2D eigenvalue weighted by molar-refractivity contribution is 6.31. The standard InChI is InChI=1S/C23H26ClN3O2/c24-19-9-10-20(21(14-19)27-13-5-8-22(27)28)23(29)25-15-17-6-1-2-7-18(17)16-26-11-3-4-12-26/h1-2,6-7,9-10,14H,3-5,8,11-13,15-16H2,(H,25,29). The van der Waals surface area contributed by atoms with Gasteiger partial charge in [0.05, 0.1) is 11.3 Å². The Morgan fingerprint density at radius 3 is 2.48 bits per heavy atom. The van der Waals surface area contributed by atoms with Crippen LogP contribution >= 0.6 is 11.6 Å². The number of hydrogen-bond acceptors (Lipinski definition) is 3. The van der Waals surface area contributed by atoms with Crippen LogP contribution in [0.1, 0.15) is 47.2 Å². The average molecular weight is 412 g/mol. The van der Waals surface area contributed by atoms with E-state index in [9.17, 15) is 9.59 Å². The number of carbonyl (C=O) groups is 2. The minimum Gasteiger partial charge on any atom is -0.348 e. The van der Waals surface area contributed by atoms with Crippen LogP contribution in [0.3, 0.4) is 0 Å². The molecule has 0 unspecified atom stereocenters. The Kier molecular flexibility index (Phi) is 6.16. The van der Waals surface area contributed by atoms with Crippen molar-refractivity contribution < 1.29 is 9.59 Å². The van der Waals surface area contributed by atoms with Gasteiger partial charge in [0.1, 0.15) is 0 Å². The van der Waals surface area contributed by atoms with E-state index in [0.717, 1.165) is 31.6 Å². The molecule has 6 heteroatoms. The fourth-order valence-electron chi connectivity index (χ4n) is 4.16. The fraction of sp³-hybridized carbons (Fsp3) is 0.391. The van der Waals surface area contributed by atoms with Crippen LogP contribution in [0.2, 0.25) is 5.02 Å². The normalized spacial score (nSPS) is 17.1. The summed E-state index contributed by atoms with van der Waals surface area (Å²) in [5.41, 5.74) is 3.46. The number of nitrogens with one attached hydrogen (secondary N) is 1. The van der Waals surface area contributed by atoms with Gasteiger partial charge in [0.15, 0.2) is 0 Å². The molecular formula is C23H26ClN3O2. The van der Waals surface area contributed by atoms with E-state index in [1.54, 1.807) is 23.1 Å². The number of hydrogen-bond donors (Lipinski definition) is 1. The molecule has 2 aromatic rings. The lowest BCUT2D eigenvalue weighted by molar-refractivity contribution is -0.117. The Labute approximate surface area is 176 Å². The lowest BCUT2D eigenvalue weighted by atomic mass is 10.1. The molecule has 0 saturated carbocycles. The first-order chi connectivity index (χ1) is 14.1. The van der Waals surface area contributed by atoms with E-state index >= 15 is 0 Å². The van der Waals surface area contributed by atoms with E-state index in [2.05, 4.69) is 22.3 Å². The maximum Gasteiger partial charge on any atom is 0.253 e. The third-order valence-electron chi connectivity index (χ3n) is 5.72. The fourth-order valence-corrected chi connectivity index (χ4v) is 4.33. The maximum absolute atomic E-state index is 13.0. The molecule has 0 radical (unpaired) electrons. The van der Waals surface area contributed by atoms with Gasteiger partial charge in [-0.05, 0) is 61.7 Å². The lowest BCUT2D eigenvalue weighted by Gasteiger charge is -2.20. The van der Waals surface area contributed by atoms with E-state index in [4.69, 9.17) is 11.6 Å². The third kappa shape index (κ3) is 4.62. The molecule has 2 saturated heterocycles. The molecule has 5 nitrogen and oxygen atoms in total. The van der Waals surface area contributed by atoms with Gasteiger partial charge in [0, 0.05) is 31.1 Å². The molecule has 2 fully saturated rings. The van der Waals surface area contributed by atoms with Crippen molar-refractivity contribution in [2.24, 2.45) is 0 Å². The van der Waals surface area contributed by atoms with Crippen LogP contribution in [-0.4, -0.2) is 36.3 Å². The number of benzene rings is 2. The van der Waals surface area contributed by atoms with Crippen molar-refractivity contribution in [3.05, 3.63) is 64.2 Å². The molecule has 0 bridgehead atoms. The monoisotopic (exact) mass is 411 g/mol. The third-order valence-corrected chi connectivity index (χ3v) is 5.95. The quantitative estimate of drug-likeness (QED) is 0.781. The molecule has 0 aromatic heterocycles. The maximum atomic E-state index is 13.0. The van der Waals surface area contributed by atoms with Crippen LogP contribution in [0.15, 0.2) is 42.5 Å². The van der Waals surface area contributed by atoms with Gasteiger partial charge >= 0.3 is 0 Å². The van der Waals surface area contributed by atoms with Crippen molar-refractivity contribution >= 4 is 29.1 Å². The molecule has 2 aliphatic heterocycles. The SMILES string of the molecule is O=C(NCc1ccccc1CN1CCCC1)c1ccc(Cl)cc1N1CCCC1=O. The minimum absolute atomic E-state index is 0.0391. The number of likely N-dealkylation sites (tertiary alicyclic amines) is 1. The number of rotatable bonds is 6.